The van der Waals surface area contributed by atoms with Crippen LogP contribution in [0.4, 0.5) is 0 Å². The van der Waals surface area contributed by atoms with Gasteiger partial charge in [-0.15, -0.1) is 4.95 Å². The highest BCUT2D eigenvalue weighted by Gasteiger charge is 2.32. The van der Waals surface area contributed by atoms with Crippen molar-refractivity contribution in [3.63, 3.8) is 0 Å². The zero-order chi connectivity index (χ0) is 13.7. The Bertz CT molecular complexity index is 635. The summed E-state index contributed by atoms with van der Waals surface area (Å²) in [5.41, 5.74) is -0.801. The molecule has 0 bridgehead atoms. The molecule has 0 unspecified atom stereocenters. The summed E-state index contributed by atoms with van der Waals surface area (Å²) in [6, 6.07) is 1.71. The third-order valence-corrected chi connectivity index (χ3v) is 2.57. The minimum atomic E-state index is -0.226. The van der Waals surface area contributed by atoms with Crippen molar-refractivity contribution in [2.75, 3.05) is 0 Å². The summed E-state index contributed by atoms with van der Waals surface area (Å²) >= 11 is 11.7. The van der Waals surface area contributed by atoms with Crippen molar-refractivity contribution in [1.29, 1.82) is 10.5 Å². The highest BCUT2D eigenvalue weighted by molar-refractivity contribution is 6.58. The molecule has 8 heteroatoms. The van der Waals surface area contributed by atoms with E-state index in [-0.39, 0.29) is 32.8 Å². The van der Waals surface area contributed by atoms with Crippen LogP contribution in [-0.4, -0.2) is 11.4 Å². The molecule has 0 spiro atoms. The highest BCUT2D eigenvalue weighted by Crippen LogP contribution is 2.31. The van der Waals surface area contributed by atoms with Crippen LogP contribution in [0.5, 0.6) is 0 Å². The van der Waals surface area contributed by atoms with E-state index >= 15 is 0 Å². The first kappa shape index (κ1) is 13.4. The van der Waals surface area contributed by atoms with Crippen LogP contribution < -0.4 is 0 Å². The van der Waals surface area contributed by atoms with E-state index in [4.69, 9.17) is 46.9 Å². The Kier molecular flexibility index (Phi) is 4.19. The molecule has 84 valence electrons. The van der Waals surface area contributed by atoms with E-state index in [2.05, 4.69) is 19.9 Å². The quantitative estimate of drug-likeness (QED) is 0.294. The Balaban J connectivity index is 3.75. The van der Waals surface area contributed by atoms with Gasteiger partial charge in [0.15, 0.2) is 5.71 Å². The summed E-state index contributed by atoms with van der Waals surface area (Å²) in [5, 5.41) is 20.3. The topological polar surface area (TPSA) is 81.0 Å². The van der Waals surface area contributed by atoms with E-state index in [0.717, 1.165) is 0 Å². The minimum Gasteiger partial charge on any atom is -0.234 e. The first-order valence-electron chi connectivity index (χ1n) is 4.12. The van der Waals surface area contributed by atoms with E-state index in [1.54, 1.807) is 6.07 Å². The molecule has 1 rings (SSSR count). The maximum Gasteiger partial charge on any atom is 0.235 e. The number of rotatable bonds is 0. The van der Waals surface area contributed by atoms with Gasteiger partial charge in [0.25, 0.3) is 0 Å². The second kappa shape index (κ2) is 5.62. The van der Waals surface area contributed by atoms with Gasteiger partial charge in [0.1, 0.15) is 17.4 Å². The second-order valence-corrected chi connectivity index (χ2v) is 3.44. The highest BCUT2D eigenvalue weighted by atomic mass is 35.5. The SMILES string of the molecule is [C-]#[N+]/N=C1/C(Cl)=C([N+]#[C-])C(=NC#N)C(Cl)=C1C#N. The summed E-state index contributed by atoms with van der Waals surface area (Å²) in [6.07, 6.45) is 1.47. The van der Waals surface area contributed by atoms with Crippen molar-refractivity contribution in [1.82, 2.24) is 0 Å². The van der Waals surface area contributed by atoms with Crippen LogP contribution in [0.2, 0.25) is 0 Å². The molecule has 6 nitrogen and oxygen atoms in total. The lowest BCUT2D eigenvalue weighted by Crippen LogP contribution is -2.18. The molecule has 1 aliphatic rings. The first-order chi connectivity index (χ1) is 8.62. The monoisotopic (exact) mass is 274 g/mol. The molecule has 0 N–H and O–H groups in total. The van der Waals surface area contributed by atoms with Crippen LogP contribution in [0.3, 0.4) is 0 Å². The standard InChI is InChI=1S/C10Cl2N6/c1-15-9-7(12)8(18-16-2)5(3-13)6(11)10(9)17-4-14/b17-10?,18-8+. The third-order valence-electron chi connectivity index (χ3n) is 1.84. The van der Waals surface area contributed by atoms with Crippen molar-refractivity contribution in [3.05, 3.63) is 44.3 Å². The normalized spacial score (nSPS) is 19.2. The third kappa shape index (κ3) is 2.08. The fraction of sp³-hybridized carbons (Fsp3) is 0. The maximum atomic E-state index is 8.95. The van der Waals surface area contributed by atoms with Crippen molar-refractivity contribution >= 4 is 34.6 Å². The fourth-order valence-corrected chi connectivity index (χ4v) is 1.68. The molecule has 18 heavy (non-hydrogen) atoms. The Hall–Kier alpha value is -2.64. The van der Waals surface area contributed by atoms with Crippen LogP contribution in [0.1, 0.15) is 0 Å². The van der Waals surface area contributed by atoms with E-state index in [1.165, 1.54) is 6.19 Å². The molecule has 0 aromatic heterocycles. The van der Waals surface area contributed by atoms with Crippen LogP contribution in [0.25, 0.3) is 9.80 Å². The lowest BCUT2D eigenvalue weighted by Gasteiger charge is -2.12. The van der Waals surface area contributed by atoms with Gasteiger partial charge in [-0.05, 0) is 0 Å². The molecule has 0 aromatic rings. The van der Waals surface area contributed by atoms with E-state index < -0.39 is 0 Å². The van der Waals surface area contributed by atoms with Gasteiger partial charge in [-0.3, -0.25) is 0 Å². The molecule has 0 aromatic carbocycles. The lowest BCUT2D eigenvalue weighted by atomic mass is 10.0. The summed E-state index contributed by atoms with van der Waals surface area (Å²) in [7, 11) is 0. The Morgan fingerprint density at radius 3 is 2.22 bits per heavy atom. The zero-order valence-electron chi connectivity index (χ0n) is 8.44. The number of halogens is 2. The molecule has 0 aliphatic heterocycles. The molecule has 0 atom stereocenters. The number of nitrogens with zero attached hydrogens (tertiary/aromatic N) is 6. The summed E-state index contributed by atoms with van der Waals surface area (Å²) in [6.45, 7) is 13.6. The van der Waals surface area contributed by atoms with Gasteiger partial charge in [-0.2, -0.15) is 22.1 Å². The lowest BCUT2D eigenvalue weighted by molar-refractivity contribution is 1.42. The number of allylic oxidation sites excluding steroid dienone is 3. The van der Waals surface area contributed by atoms with Crippen molar-refractivity contribution in [3.8, 4) is 12.3 Å². The largest absolute Gasteiger partial charge is 0.235 e. The van der Waals surface area contributed by atoms with E-state index in [0.29, 0.717) is 0 Å². The van der Waals surface area contributed by atoms with Gasteiger partial charge in [0, 0.05) is 0 Å². The summed E-state index contributed by atoms with van der Waals surface area (Å²) in [5.74, 6) is 0. The average molecular weight is 275 g/mol. The molecule has 1 aliphatic carbocycles. The molecule has 0 amide bonds. The Labute approximate surface area is 112 Å². The summed E-state index contributed by atoms with van der Waals surface area (Å²) < 4.78 is 0. The molecular formula is C10Cl2N6. The van der Waals surface area contributed by atoms with Crippen molar-refractivity contribution < 1.29 is 0 Å². The van der Waals surface area contributed by atoms with Crippen LogP contribution in [0.15, 0.2) is 31.4 Å². The van der Waals surface area contributed by atoms with Gasteiger partial charge in [0.2, 0.25) is 11.9 Å². The number of aliphatic imine (C=N–C) groups is 1. The van der Waals surface area contributed by atoms with Gasteiger partial charge in [-0.25, -0.2) is 4.85 Å². The Morgan fingerprint density at radius 2 is 1.78 bits per heavy atom. The van der Waals surface area contributed by atoms with Gasteiger partial charge in [-0.1, -0.05) is 23.2 Å². The van der Waals surface area contributed by atoms with Crippen molar-refractivity contribution in [2.45, 2.75) is 0 Å². The Morgan fingerprint density at radius 1 is 1.11 bits per heavy atom. The average Bonchev–Trinajstić information content (AvgIpc) is 2.36. The van der Waals surface area contributed by atoms with E-state index in [9.17, 15) is 0 Å². The number of hydrogen-bond donors (Lipinski definition) is 0. The van der Waals surface area contributed by atoms with Gasteiger partial charge < -0.3 is 0 Å². The van der Waals surface area contributed by atoms with Crippen LogP contribution >= 0.6 is 23.2 Å². The predicted octanol–water partition coefficient (Wildman–Crippen LogP) is 2.58. The molecule has 0 saturated heterocycles. The molecule has 0 radical (unpaired) electrons. The maximum absolute atomic E-state index is 8.95. The van der Waals surface area contributed by atoms with Gasteiger partial charge >= 0.3 is 0 Å². The number of hydrogen-bond acceptors (Lipinski definition) is 4. The molecule has 0 saturated carbocycles. The van der Waals surface area contributed by atoms with Gasteiger partial charge in [0.05, 0.1) is 21.7 Å². The molecule has 0 heterocycles. The smallest absolute Gasteiger partial charge is 0.234 e. The predicted molar refractivity (Wildman–Crippen MR) is 65.1 cm³/mol. The first-order valence-corrected chi connectivity index (χ1v) is 4.87. The minimum absolute atomic E-state index is 0.193. The summed E-state index contributed by atoms with van der Waals surface area (Å²) in [4.78, 5) is 9.19. The van der Waals surface area contributed by atoms with Crippen LogP contribution in [-0.2, 0) is 0 Å². The van der Waals surface area contributed by atoms with Crippen LogP contribution in [0, 0.1) is 35.9 Å². The molecule has 0 fully saturated rings. The van der Waals surface area contributed by atoms with E-state index in [1.807, 2.05) is 0 Å². The zero-order valence-corrected chi connectivity index (χ0v) is 9.95. The molecular weight excluding hydrogens is 275 g/mol. The van der Waals surface area contributed by atoms with Crippen molar-refractivity contribution in [2.24, 2.45) is 10.1 Å². The number of nitriles is 2. The second-order valence-electron chi connectivity index (χ2n) is 2.68. The fourth-order valence-electron chi connectivity index (χ4n) is 1.15.